The molecular formula is C12H17N5O5. The summed E-state index contributed by atoms with van der Waals surface area (Å²) in [5.74, 6) is -0.0800. The summed E-state index contributed by atoms with van der Waals surface area (Å²) in [5, 5.41) is 14.9. The first-order valence-electron chi connectivity index (χ1n) is 6.60. The van der Waals surface area contributed by atoms with Crippen LogP contribution in [0.5, 0.6) is 0 Å². The molecule has 10 heteroatoms. The number of amides is 3. The normalized spacial score (nSPS) is 15.4. The van der Waals surface area contributed by atoms with Crippen LogP contribution in [0.15, 0.2) is 6.20 Å². The molecule has 2 rings (SSSR count). The Hall–Kier alpha value is -2.65. The summed E-state index contributed by atoms with van der Waals surface area (Å²) in [7, 11) is 1.52. The van der Waals surface area contributed by atoms with Crippen LogP contribution in [0.2, 0.25) is 0 Å². The number of ether oxygens (including phenoxy) is 1. The fourth-order valence-electron chi connectivity index (χ4n) is 2.01. The summed E-state index contributed by atoms with van der Waals surface area (Å²) in [6.07, 6.45) is 0.428. The standard InChI is InChI=1S/C12H17N5O5/c1-12(2,3)22-11(19)16-6-5-15(10(16)18)9-8(17(20)21)7-14(4)13-9/h7H,5-6H2,1-4H3. The van der Waals surface area contributed by atoms with Crippen LogP contribution >= 0.6 is 0 Å². The molecule has 120 valence electrons. The van der Waals surface area contributed by atoms with Gasteiger partial charge in [-0.05, 0) is 20.8 Å². The summed E-state index contributed by atoms with van der Waals surface area (Å²) in [4.78, 5) is 36.7. The van der Waals surface area contributed by atoms with Crippen molar-refractivity contribution in [2.45, 2.75) is 26.4 Å². The number of imide groups is 1. The average Bonchev–Trinajstić information content (AvgIpc) is 2.90. The van der Waals surface area contributed by atoms with Crippen LogP contribution in [0.4, 0.5) is 21.1 Å². The number of rotatable bonds is 2. The van der Waals surface area contributed by atoms with Gasteiger partial charge < -0.3 is 4.74 Å². The van der Waals surface area contributed by atoms with Gasteiger partial charge in [0.1, 0.15) is 11.8 Å². The van der Waals surface area contributed by atoms with Crippen molar-refractivity contribution < 1.29 is 19.2 Å². The summed E-state index contributed by atoms with van der Waals surface area (Å²) in [5.41, 5.74) is -1.02. The molecule has 22 heavy (non-hydrogen) atoms. The van der Waals surface area contributed by atoms with Gasteiger partial charge in [-0.2, -0.15) is 0 Å². The van der Waals surface area contributed by atoms with Crippen molar-refractivity contribution in [3.8, 4) is 0 Å². The second-order valence-electron chi connectivity index (χ2n) is 5.83. The molecule has 0 unspecified atom stereocenters. The molecule has 3 amide bonds. The number of aryl methyl sites for hydroxylation is 1. The van der Waals surface area contributed by atoms with Crippen molar-refractivity contribution in [2.75, 3.05) is 18.0 Å². The molecule has 0 spiro atoms. The smallest absolute Gasteiger partial charge is 0.418 e. The molecule has 0 radical (unpaired) electrons. The highest BCUT2D eigenvalue weighted by molar-refractivity contribution is 6.03. The van der Waals surface area contributed by atoms with Gasteiger partial charge in [0.25, 0.3) is 0 Å². The molecule has 0 atom stereocenters. The van der Waals surface area contributed by atoms with Crippen molar-refractivity contribution in [1.82, 2.24) is 14.7 Å². The van der Waals surface area contributed by atoms with Gasteiger partial charge in [0.05, 0.1) is 11.5 Å². The largest absolute Gasteiger partial charge is 0.443 e. The molecule has 1 aromatic rings. The molecule has 1 fully saturated rings. The number of nitro groups is 1. The first-order chi connectivity index (χ1) is 10.1. The molecule has 0 aromatic carbocycles. The zero-order chi connectivity index (χ0) is 16.7. The van der Waals surface area contributed by atoms with E-state index >= 15 is 0 Å². The van der Waals surface area contributed by atoms with Gasteiger partial charge >= 0.3 is 17.8 Å². The number of aromatic nitrogens is 2. The van der Waals surface area contributed by atoms with Gasteiger partial charge in [-0.25, -0.2) is 14.5 Å². The molecule has 2 heterocycles. The average molecular weight is 311 g/mol. The number of urea groups is 1. The molecule has 1 aromatic heterocycles. The molecular weight excluding hydrogens is 294 g/mol. The predicted octanol–water partition coefficient (Wildman–Crippen LogP) is 1.51. The van der Waals surface area contributed by atoms with Crippen molar-refractivity contribution in [3.05, 3.63) is 16.3 Å². The van der Waals surface area contributed by atoms with E-state index in [1.807, 2.05) is 0 Å². The maximum absolute atomic E-state index is 12.3. The Morgan fingerprint density at radius 1 is 1.41 bits per heavy atom. The summed E-state index contributed by atoms with van der Waals surface area (Å²) in [6, 6.07) is -0.684. The zero-order valence-corrected chi connectivity index (χ0v) is 12.8. The van der Waals surface area contributed by atoms with Gasteiger partial charge in [0, 0.05) is 13.6 Å². The molecule has 0 aliphatic carbocycles. The summed E-state index contributed by atoms with van der Waals surface area (Å²) in [6.45, 7) is 5.27. The lowest BCUT2D eigenvalue weighted by Gasteiger charge is -2.23. The Kier molecular flexibility index (Phi) is 3.77. The van der Waals surface area contributed by atoms with Gasteiger partial charge in [-0.3, -0.25) is 19.7 Å². The SMILES string of the molecule is Cn1cc([N+](=O)[O-])c(N2CCN(C(=O)OC(C)(C)C)C2=O)n1. The number of hydrogen-bond acceptors (Lipinski definition) is 6. The van der Waals surface area contributed by atoms with Crippen LogP contribution in [0.3, 0.4) is 0 Å². The summed E-state index contributed by atoms with van der Waals surface area (Å²) < 4.78 is 6.39. The topological polar surface area (TPSA) is 111 Å². The molecule has 0 saturated carbocycles. The van der Waals surface area contributed by atoms with Crippen molar-refractivity contribution in [1.29, 1.82) is 0 Å². The fourth-order valence-corrected chi connectivity index (χ4v) is 2.01. The molecule has 0 bridgehead atoms. The van der Waals surface area contributed by atoms with E-state index in [4.69, 9.17) is 4.74 Å². The predicted molar refractivity (Wildman–Crippen MR) is 75.5 cm³/mol. The van der Waals surface area contributed by atoms with Crippen LogP contribution in [0.1, 0.15) is 20.8 Å². The van der Waals surface area contributed by atoms with Crippen LogP contribution < -0.4 is 4.90 Å². The maximum atomic E-state index is 12.3. The second kappa shape index (κ2) is 5.28. The van der Waals surface area contributed by atoms with E-state index in [0.717, 1.165) is 9.80 Å². The van der Waals surface area contributed by atoms with E-state index in [0.29, 0.717) is 0 Å². The number of nitrogens with zero attached hydrogens (tertiary/aromatic N) is 5. The van der Waals surface area contributed by atoms with Gasteiger partial charge in [-0.1, -0.05) is 0 Å². The van der Waals surface area contributed by atoms with Crippen molar-refractivity contribution in [2.24, 2.45) is 7.05 Å². The number of carbonyl (C=O) groups is 2. The first-order valence-corrected chi connectivity index (χ1v) is 6.60. The first kappa shape index (κ1) is 15.7. The van der Waals surface area contributed by atoms with Crippen LogP contribution in [0, 0.1) is 10.1 Å². The minimum atomic E-state index is -0.779. The third-order valence-corrected chi connectivity index (χ3v) is 2.87. The van der Waals surface area contributed by atoms with E-state index in [2.05, 4.69) is 5.10 Å². The van der Waals surface area contributed by atoms with E-state index in [1.54, 1.807) is 20.8 Å². The molecule has 1 saturated heterocycles. The monoisotopic (exact) mass is 311 g/mol. The van der Waals surface area contributed by atoms with Crippen molar-refractivity contribution in [3.63, 3.8) is 0 Å². The number of anilines is 1. The minimum Gasteiger partial charge on any atom is -0.443 e. The molecule has 10 nitrogen and oxygen atoms in total. The quantitative estimate of drug-likeness (QED) is 0.604. The minimum absolute atomic E-state index is 0.0800. The van der Waals surface area contributed by atoms with Crippen LogP contribution in [-0.2, 0) is 11.8 Å². The lowest BCUT2D eigenvalue weighted by Crippen LogP contribution is -2.40. The number of hydrogen-bond donors (Lipinski definition) is 0. The Morgan fingerprint density at radius 2 is 2.05 bits per heavy atom. The third-order valence-electron chi connectivity index (χ3n) is 2.87. The highest BCUT2D eigenvalue weighted by Gasteiger charge is 2.40. The zero-order valence-electron chi connectivity index (χ0n) is 12.8. The van der Waals surface area contributed by atoms with Gasteiger partial charge in [0.15, 0.2) is 0 Å². The highest BCUT2D eigenvalue weighted by Crippen LogP contribution is 2.29. The third kappa shape index (κ3) is 3.00. The van der Waals surface area contributed by atoms with Crippen LogP contribution in [0.25, 0.3) is 0 Å². The Labute approximate surface area is 126 Å². The fraction of sp³-hybridized carbons (Fsp3) is 0.583. The Balaban J connectivity index is 2.22. The van der Waals surface area contributed by atoms with E-state index < -0.39 is 22.6 Å². The highest BCUT2D eigenvalue weighted by atomic mass is 16.6. The lowest BCUT2D eigenvalue weighted by molar-refractivity contribution is -0.384. The maximum Gasteiger partial charge on any atom is 0.418 e. The Morgan fingerprint density at radius 3 is 2.59 bits per heavy atom. The van der Waals surface area contributed by atoms with Gasteiger partial charge in [0.2, 0.25) is 5.82 Å². The van der Waals surface area contributed by atoms with E-state index in [-0.39, 0.29) is 24.6 Å². The van der Waals surface area contributed by atoms with E-state index in [1.165, 1.54) is 17.9 Å². The lowest BCUT2D eigenvalue weighted by atomic mass is 10.2. The Bertz CT molecular complexity index is 632. The van der Waals surface area contributed by atoms with Gasteiger partial charge in [-0.15, -0.1) is 5.10 Å². The van der Waals surface area contributed by atoms with Crippen LogP contribution in [-0.4, -0.2) is 50.4 Å². The molecule has 0 N–H and O–H groups in total. The molecule has 1 aliphatic rings. The number of carbonyl (C=O) groups excluding carboxylic acids is 2. The summed E-state index contributed by atoms with van der Waals surface area (Å²) >= 11 is 0. The van der Waals surface area contributed by atoms with Crippen molar-refractivity contribution >= 4 is 23.6 Å². The molecule has 1 aliphatic heterocycles. The van der Waals surface area contributed by atoms with E-state index in [9.17, 15) is 19.7 Å². The second-order valence-corrected chi connectivity index (χ2v) is 5.83.